The van der Waals surface area contributed by atoms with Gasteiger partial charge in [0, 0.05) is 6.07 Å². The van der Waals surface area contributed by atoms with Crippen LogP contribution in [0.1, 0.15) is 6.92 Å². The second-order valence-corrected chi connectivity index (χ2v) is 3.38. The molecule has 88 valence electrons. The van der Waals surface area contributed by atoms with Crippen LogP contribution in [0, 0.1) is 0 Å². The highest BCUT2D eigenvalue weighted by Gasteiger charge is 2.29. The van der Waals surface area contributed by atoms with E-state index in [1.54, 1.807) is 0 Å². The van der Waals surface area contributed by atoms with Gasteiger partial charge in [-0.05, 0) is 6.92 Å². The van der Waals surface area contributed by atoms with E-state index in [1.807, 2.05) is 0 Å². The van der Waals surface area contributed by atoms with Gasteiger partial charge in [0.1, 0.15) is 12.1 Å². The maximum absolute atomic E-state index is 10.6. The number of methoxy groups -OCH3 is 1. The number of aromatic nitrogens is 2. The molecule has 16 heavy (non-hydrogen) atoms. The molecular weight excluding hydrogens is 214 g/mol. The molecule has 7 heteroatoms. The van der Waals surface area contributed by atoms with E-state index in [0.29, 0.717) is 11.7 Å². The number of aliphatic hydroxyl groups is 1. The SMILES string of the molecule is COc1cc(NCC(C)(O)C(=O)O)ncn1. The van der Waals surface area contributed by atoms with Gasteiger partial charge in [-0.1, -0.05) is 0 Å². The number of nitrogens with zero attached hydrogens (tertiary/aromatic N) is 2. The van der Waals surface area contributed by atoms with Crippen LogP contribution in [-0.2, 0) is 4.79 Å². The fourth-order valence-corrected chi connectivity index (χ4v) is 0.886. The third-order valence-corrected chi connectivity index (χ3v) is 1.93. The molecule has 0 spiro atoms. The Hall–Kier alpha value is -1.89. The zero-order valence-corrected chi connectivity index (χ0v) is 8.97. The van der Waals surface area contributed by atoms with Crippen molar-refractivity contribution < 1.29 is 19.7 Å². The van der Waals surface area contributed by atoms with Crippen LogP contribution in [0.2, 0.25) is 0 Å². The van der Waals surface area contributed by atoms with Crippen LogP contribution in [0.25, 0.3) is 0 Å². The molecule has 0 amide bonds. The molecule has 0 aliphatic rings. The van der Waals surface area contributed by atoms with E-state index in [2.05, 4.69) is 15.3 Å². The lowest BCUT2D eigenvalue weighted by molar-refractivity contribution is -0.155. The van der Waals surface area contributed by atoms with E-state index in [9.17, 15) is 9.90 Å². The Balaban J connectivity index is 2.64. The minimum absolute atomic E-state index is 0.164. The molecule has 0 bridgehead atoms. The van der Waals surface area contributed by atoms with Crippen molar-refractivity contribution in [2.24, 2.45) is 0 Å². The van der Waals surface area contributed by atoms with Crippen molar-refractivity contribution in [2.45, 2.75) is 12.5 Å². The van der Waals surface area contributed by atoms with Crippen LogP contribution >= 0.6 is 0 Å². The number of carboxylic acid groups (broad SMARTS) is 1. The van der Waals surface area contributed by atoms with Gasteiger partial charge >= 0.3 is 5.97 Å². The van der Waals surface area contributed by atoms with E-state index in [-0.39, 0.29) is 6.54 Å². The Morgan fingerprint density at radius 1 is 1.62 bits per heavy atom. The van der Waals surface area contributed by atoms with Crippen molar-refractivity contribution >= 4 is 11.8 Å². The smallest absolute Gasteiger partial charge is 0.337 e. The normalized spacial score (nSPS) is 13.9. The summed E-state index contributed by atoms with van der Waals surface area (Å²) in [4.78, 5) is 18.2. The molecule has 0 aromatic carbocycles. The summed E-state index contributed by atoms with van der Waals surface area (Å²) in [6, 6.07) is 1.50. The number of carboxylic acids is 1. The lowest BCUT2D eigenvalue weighted by atomic mass is 10.1. The van der Waals surface area contributed by atoms with E-state index in [1.165, 1.54) is 26.4 Å². The predicted molar refractivity (Wildman–Crippen MR) is 55.3 cm³/mol. The van der Waals surface area contributed by atoms with Gasteiger partial charge in [-0.3, -0.25) is 0 Å². The fourth-order valence-electron chi connectivity index (χ4n) is 0.886. The molecule has 0 saturated carbocycles. The third-order valence-electron chi connectivity index (χ3n) is 1.93. The summed E-state index contributed by atoms with van der Waals surface area (Å²) < 4.78 is 4.86. The van der Waals surface area contributed by atoms with Gasteiger partial charge in [-0.15, -0.1) is 0 Å². The molecular formula is C9H13N3O4. The molecule has 0 fully saturated rings. The fraction of sp³-hybridized carbons (Fsp3) is 0.444. The highest BCUT2D eigenvalue weighted by molar-refractivity contribution is 5.77. The summed E-state index contributed by atoms with van der Waals surface area (Å²) >= 11 is 0. The van der Waals surface area contributed by atoms with Gasteiger partial charge in [0.15, 0.2) is 5.60 Å². The van der Waals surface area contributed by atoms with E-state index < -0.39 is 11.6 Å². The minimum Gasteiger partial charge on any atom is -0.481 e. The molecule has 7 nitrogen and oxygen atoms in total. The number of ether oxygens (including phenoxy) is 1. The van der Waals surface area contributed by atoms with Crippen LogP contribution < -0.4 is 10.1 Å². The van der Waals surface area contributed by atoms with Gasteiger partial charge in [0.05, 0.1) is 13.7 Å². The molecule has 1 aromatic rings. The van der Waals surface area contributed by atoms with Gasteiger partial charge in [-0.2, -0.15) is 0 Å². The third kappa shape index (κ3) is 3.06. The first-order valence-corrected chi connectivity index (χ1v) is 4.51. The summed E-state index contributed by atoms with van der Waals surface area (Å²) in [6.07, 6.45) is 1.27. The first-order valence-electron chi connectivity index (χ1n) is 4.51. The van der Waals surface area contributed by atoms with Crippen molar-refractivity contribution in [3.63, 3.8) is 0 Å². The Morgan fingerprint density at radius 2 is 2.31 bits per heavy atom. The van der Waals surface area contributed by atoms with Crippen LogP contribution in [0.3, 0.4) is 0 Å². The average molecular weight is 227 g/mol. The highest BCUT2D eigenvalue weighted by Crippen LogP contribution is 2.11. The Morgan fingerprint density at radius 3 is 2.88 bits per heavy atom. The topological polar surface area (TPSA) is 105 Å². The Kier molecular flexibility index (Phi) is 3.62. The quantitative estimate of drug-likeness (QED) is 0.636. The minimum atomic E-state index is -1.85. The van der Waals surface area contributed by atoms with Crippen LogP contribution in [-0.4, -0.2) is 45.4 Å². The van der Waals surface area contributed by atoms with E-state index in [0.717, 1.165) is 0 Å². The molecule has 1 rings (SSSR count). The van der Waals surface area contributed by atoms with Crippen molar-refractivity contribution in [3.8, 4) is 5.88 Å². The molecule has 0 saturated heterocycles. The Bertz CT molecular complexity index is 381. The number of rotatable bonds is 5. The van der Waals surface area contributed by atoms with Crippen LogP contribution in [0.5, 0.6) is 5.88 Å². The maximum Gasteiger partial charge on any atom is 0.337 e. The predicted octanol–water partition coefficient (Wildman–Crippen LogP) is -0.267. The number of hydrogen-bond donors (Lipinski definition) is 3. The standard InChI is InChI=1S/C9H13N3O4/c1-9(15,8(13)14)4-10-6-3-7(16-2)12-5-11-6/h3,5,15H,4H2,1-2H3,(H,13,14)(H,10,11,12). The largest absolute Gasteiger partial charge is 0.481 e. The van der Waals surface area contributed by atoms with Gasteiger partial charge < -0.3 is 20.3 Å². The van der Waals surface area contributed by atoms with Crippen molar-refractivity contribution in [3.05, 3.63) is 12.4 Å². The zero-order valence-electron chi connectivity index (χ0n) is 8.97. The van der Waals surface area contributed by atoms with E-state index >= 15 is 0 Å². The van der Waals surface area contributed by atoms with Crippen molar-refractivity contribution in [1.82, 2.24) is 9.97 Å². The second-order valence-electron chi connectivity index (χ2n) is 3.38. The molecule has 0 aliphatic carbocycles. The second kappa shape index (κ2) is 4.75. The average Bonchev–Trinajstić information content (AvgIpc) is 2.26. The summed E-state index contributed by atoms with van der Waals surface area (Å²) in [5.41, 5.74) is -1.85. The van der Waals surface area contributed by atoms with Crippen molar-refractivity contribution in [2.75, 3.05) is 19.0 Å². The number of aliphatic carboxylic acids is 1. The molecule has 0 radical (unpaired) electrons. The number of carbonyl (C=O) groups is 1. The first kappa shape index (κ1) is 12.2. The monoisotopic (exact) mass is 227 g/mol. The molecule has 1 heterocycles. The summed E-state index contributed by atoms with van der Waals surface area (Å²) in [5, 5.41) is 20.8. The van der Waals surface area contributed by atoms with Crippen LogP contribution in [0.4, 0.5) is 5.82 Å². The highest BCUT2D eigenvalue weighted by atomic mass is 16.5. The lowest BCUT2D eigenvalue weighted by Crippen LogP contribution is -2.41. The zero-order chi connectivity index (χ0) is 12.2. The first-order chi connectivity index (χ1) is 7.45. The molecule has 0 aliphatic heterocycles. The number of anilines is 1. The van der Waals surface area contributed by atoms with Crippen LogP contribution in [0.15, 0.2) is 12.4 Å². The Labute approximate surface area is 92.1 Å². The van der Waals surface area contributed by atoms with Gasteiger partial charge in [0.25, 0.3) is 0 Å². The summed E-state index contributed by atoms with van der Waals surface area (Å²) in [7, 11) is 1.46. The van der Waals surface area contributed by atoms with Gasteiger partial charge in [-0.25, -0.2) is 14.8 Å². The maximum atomic E-state index is 10.6. The van der Waals surface area contributed by atoms with Gasteiger partial charge in [0.2, 0.25) is 5.88 Å². The molecule has 1 atom stereocenters. The van der Waals surface area contributed by atoms with Crippen molar-refractivity contribution in [1.29, 1.82) is 0 Å². The lowest BCUT2D eigenvalue weighted by Gasteiger charge is -2.18. The summed E-state index contributed by atoms with van der Waals surface area (Å²) in [6.45, 7) is 1.03. The number of nitrogens with one attached hydrogen (secondary N) is 1. The summed E-state index contributed by atoms with van der Waals surface area (Å²) in [5.74, 6) is -0.568. The molecule has 1 unspecified atom stereocenters. The molecule has 3 N–H and O–H groups in total. The number of hydrogen-bond acceptors (Lipinski definition) is 6. The molecule has 1 aromatic heterocycles. The van der Waals surface area contributed by atoms with E-state index in [4.69, 9.17) is 9.84 Å².